The molecule has 1 aliphatic rings. The highest BCUT2D eigenvalue weighted by Gasteiger charge is 2.17. The largest absolute Gasteiger partial charge is 0.317 e. The molecule has 1 N–H and O–H groups in total. The smallest absolute Gasteiger partial charge is 0.0465 e. The summed E-state index contributed by atoms with van der Waals surface area (Å²) in [7, 11) is 0. The van der Waals surface area contributed by atoms with E-state index < -0.39 is 0 Å². The van der Waals surface area contributed by atoms with Crippen molar-refractivity contribution in [3.8, 4) is 0 Å². The summed E-state index contributed by atoms with van der Waals surface area (Å²) in [6.07, 6.45) is 2.54. The third-order valence-electron chi connectivity index (χ3n) is 3.87. The van der Waals surface area contributed by atoms with Crippen LogP contribution in [-0.2, 0) is 6.54 Å². The Kier molecular flexibility index (Phi) is 5.96. The average molecular weight is 301 g/mol. The monoisotopic (exact) mass is 300 g/mol. The lowest BCUT2D eigenvalue weighted by molar-refractivity contribution is 0.207. The summed E-state index contributed by atoms with van der Waals surface area (Å²) < 4.78 is 0. The van der Waals surface area contributed by atoms with Gasteiger partial charge in [-0.15, -0.1) is 0 Å². The Morgan fingerprint density at radius 1 is 1.21 bits per heavy atom. The van der Waals surface area contributed by atoms with E-state index in [0.717, 1.165) is 54.3 Å². The first-order valence-electron chi connectivity index (χ1n) is 7.06. The zero-order valence-electron chi connectivity index (χ0n) is 11.5. The average Bonchev–Trinajstić information content (AvgIpc) is 2.43. The molecule has 1 aromatic rings. The summed E-state index contributed by atoms with van der Waals surface area (Å²) in [6.45, 7) is 7.51. The van der Waals surface area contributed by atoms with E-state index in [1.807, 2.05) is 18.2 Å². The van der Waals surface area contributed by atoms with Gasteiger partial charge in [-0.1, -0.05) is 36.2 Å². The van der Waals surface area contributed by atoms with Crippen molar-refractivity contribution in [3.05, 3.63) is 33.8 Å². The standard InChI is InChI=1S/C15H22Cl2N2/c1-2-19(10-12-6-8-18-9-7-12)11-13-14(16)4-3-5-15(13)17/h3-5,12,18H,2,6-11H2,1H3. The molecular formula is C15H22Cl2N2. The van der Waals surface area contributed by atoms with Crippen molar-refractivity contribution >= 4 is 23.2 Å². The van der Waals surface area contributed by atoms with E-state index in [4.69, 9.17) is 23.2 Å². The maximum absolute atomic E-state index is 6.25. The van der Waals surface area contributed by atoms with Crippen LogP contribution in [0.15, 0.2) is 18.2 Å². The molecule has 0 spiro atoms. The Morgan fingerprint density at radius 3 is 2.42 bits per heavy atom. The summed E-state index contributed by atoms with van der Waals surface area (Å²) in [5.41, 5.74) is 1.06. The minimum absolute atomic E-state index is 0.774. The maximum Gasteiger partial charge on any atom is 0.0465 e. The zero-order valence-corrected chi connectivity index (χ0v) is 13.0. The molecule has 2 nitrogen and oxygen atoms in total. The van der Waals surface area contributed by atoms with Crippen molar-refractivity contribution < 1.29 is 0 Å². The minimum Gasteiger partial charge on any atom is -0.317 e. The van der Waals surface area contributed by atoms with Gasteiger partial charge in [0, 0.05) is 28.7 Å². The Hall–Kier alpha value is -0.280. The second-order valence-corrected chi connectivity index (χ2v) is 6.04. The third kappa shape index (κ3) is 4.35. The van der Waals surface area contributed by atoms with Gasteiger partial charge in [0.05, 0.1) is 0 Å². The molecule has 0 atom stereocenters. The van der Waals surface area contributed by atoms with E-state index in [1.165, 1.54) is 12.8 Å². The fourth-order valence-corrected chi connectivity index (χ4v) is 3.16. The molecule has 0 saturated carbocycles. The Labute approximate surface area is 126 Å². The van der Waals surface area contributed by atoms with Crippen LogP contribution in [-0.4, -0.2) is 31.1 Å². The van der Waals surface area contributed by atoms with Gasteiger partial charge in [-0.3, -0.25) is 4.90 Å². The van der Waals surface area contributed by atoms with E-state index >= 15 is 0 Å². The molecule has 2 rings (SSSR count). The van der Waals surface area contributed by atoms with Crippen molar-refractivity contribution in [1.82, 2.24) is 10.2 Å². The van der Waals surface area contributed by atoms with Crippen LogP contribution in [0.3, 0.4) is 0 Å². The number of hydrogen-bond acceptors (Lipinski definition) is 2. The molecular weight excluding hydrogens is 279 g/mol. The summed E-state index contributed by atoms with van der Waals surface area (Å²) in [5.74, 6) is 0.794. The second-order valence-electron chi connectivity index (χ2n) is 5.22. The van der Waals surface area contributed by atoms with Crippen LogP contribution in [0.4, 0.5) is 0 Å². The number of rotatable bonds is 5. The third-order valence-corrected chi connectivity index (χ3v) is 4.57. The molecule has 0 radical (unpaired) electrons. The van der Waals surface area contributed by atoms with Gasteiger partial charge in [0.2, 0.25) is 0 Å². The van der Waals surface area contributed by atoms with E-state index in [-0.39, 0.29) is 0 Å². The number of hydrogen-bond donors (Lipinski definition) is 1. The lowest BCUT2D eigenvalue weighted by Crippen LogP contribution is -2.36. The van der Waals surface area contributed by atoms with Gasteiger partial charge >= 0.3 is 0 Å². The van der Waals surface area contributed by atoms with Gasteiger partial charge in [0.1, 0.15) is 0 Å². The molecule has 1 heterocycles. The van der Waals surface area contributed by atoms with E-state index in [1.54, 1.807) is 0 Å². The molecule has 0 aromatic heterocycles. The van der Waals surface area contributed by atoms with Crippen LogP contribution in [0.2, 0.25) is 10.0 Å². The normalized spacial score (nSPS) is 17.1. The highest BCUT2D eigenvalue weighted by atomic mass is 35.5. The molecule has 19 heavy (non-hydrogen) atoms. The van der Waals surface area contributed by atoms with Crippen molar-refractivity contribution in [2.45, 2.75) is 26.3 Å². The molecule has 1 aliphatic heterocycles. The van der Waals surface area contributed by atoms with Crippen LogP contribution in [0.25, 0.3) is 0 Å². The van der Waals surface area contributed by atoms with Gasteiger partial charge in [-0.05, 0) is 50.5 Å². The topological polar surface area (TPSA) is 15.3 Å². The molecule has 106 valence electrons. The van der Waals surface area contributed by atoms with Crippen LogP contribution in [0.5, 0.6) is 0 Å². The van der Waals surface area contributed by atoms with Crippen molar-refractivity contribution in [2.24, 2.45) is 5.92 Å². The van der Waals surface area contributed by atoms with Gasteiger partial charge in [0.15, 0.2) is 0 Å². The van der Waals surface area contributed by atoms with Gasteiger partial charge < -0.3 is 5.32 Å². The van der Waals surface area contributed by atoms with E-state index in [2.05, 4.69) is 17.1 Å². The highest BCUT2D eigenvalue weighted by molar-refractivity contribution is 6.35. The SMILES string of the molecule is CCN(Cc1c(Cl)cccc1Cl)CC1CCNCC1. The first kappa shape index (κ1) is 15.1. The van der Waals surface area contributed by atoms with Gasteiger partial charge in [-0.2, -0.15) is 0 Å². The quantitative estimate of drug-likeness (QED) is 0.889. The van der Waals surface area contributed by atoms with Crippen molar-refractivity contribution in [3.63, 3.8) is 0 Å². The zero-order chi connectivity index (χ0) is 13.7. The first-order valence-corrected chi connectivity index (χ1v) is 7.82. The molecule has 0 amide bonds. The number of nitrogens with zero attached hydrogens (tertiary/aromatic N) is 1. The Bertz CT molecular complexity index is 383. The number of piperidine rings is 1. The fourth-order valence-electron chi connectivity index (χ4n) is 2.64. The molecule has 1 saturated heterocycles. The van der Waals surface area contributed by atoms with Crippen LogP contribution in [0.1, 0.15) is 25.3 Å². The summed E-state index contributed by atoms with van der Waals surface area (Å²) in [5, 5.41) is 4.96. The molecule has 0 bridgehead atoms. The molecule has 0 aliphatic carbocycles. The summed E-state index contributed by atoms with van der Waals surface area (Å²) >= 11 is 12.5. The predicted molar refractivity (Wildman–Crippen MR) is 83.0 cm³/mol. The van der Waals surface area contributed by atoms with Crippen LogP contribution >= 0.6 is 23.2 Å². The molecule has 1 fully saturated rings. The van der Waals surface area contributed by atoms with Crippen molar-refractivity contribution in [2.75, 3.05) is 26.2 Å². The lowest BCUT2D eigenvalue weighted by Gasteiger charge is -2.29. The van der Waals surface area contributed by atoms with Crippen molar-refractivity contribution in [1.29, 1.82) is 0 Å². The van der Waals surface area contributed by atoms with Crippen LogP contribution < -0.4 is 5.32 Å². The minimum atomic E-state index is 0.774. The lowest BCUT2D eigenvalue weighted by atomic mass is 9.97. The number of halogens is 2. The van der Waals surface area contributed by atoms with E-state index in [9.17, 15) is 0 Å². The summed E-state index contributed by atoms with van der Waals surface area (Å²) in [6, 6.07) is 5.74. The molecule has 0 unspecified atom stereocenters. The Morgan fingerprint density at radius 2 is 1.84 bits per heavy atom. The first-order chi connectivity index (χ1) is 9.20. The highest BCUT2D eigenvalue weighted by Crippen LogP contribution is 2.26. The van der Waals surface area contributed by atoms with E-state index in [0.29, 0.717) is 0 Å². The number of nitrogens with one attached hydrogen (secondary N) is 1. The van der Waals surface area contributed by atoms with Gasteiger partial charge in [0.25, 0.3) is 0 Å². The second kappa shape index (κ2) is 7.49. The fraction of sp³-hybridized carbons (Fsp3) is 0.600. The summed E-state index contributed by atoms with van der Waals surface area (Å²) in [4.78, 5) is 2.45. The van der Waals surface area contributed by atoms with Crippen LogP contribution in [0, 0.1) is 5.92 Å². The molecule has 4 heteroatoms. The van der Waals surface area contributed by atoms with Gasteiger partial charge in [-0.25, -0.2) is 0 Å². The predicted octanol–water partition coefficient (Wildman–Crippen LogP) is 3.81. The number of benzene rings is 1. The molecule has 1 aromatic carbocycles. The Balaban J connectivity index is 1.98. The maximum atomic E-state index is 6.25.